The molecule has 0 fully saturated rings. The number of halogens is 1. The number of para-hydroxylation sites is 2. The number of aromatic nitrogens is 2. The van der Waals surface area contributed by atoms with Gasteiger partial charge < -0.3 is 14.6 Å². The third-order valence-electron chi connectivity index (χ3n) is 4.87. The molecule has 4 aromatic rings. The van der Waals surface area contributed by atoms with Crippen LogP contribution in [0, 0.1) is 6.92 Å². The van der Waals surface area contributed by atoms with Crippen molar-refractivity contribution in [3.05, 3.63) is 94.8 Å². The first-order valence-electron chi connectivity index (χ1n) is 9.74. The summed E-state index contributed by atoms with van der Waals surface area (Å²) in [4.78, 5) is 17.3. The third-order valence-corrected chi connectivity index (χ3v) is 5.29. The summed E-state index contributed by atoms with van der Waals surface area (Å²) in [5.74, 6) is 1.33. The summed E-state index contributed by atoms with van der Waals surface area (Å²) in [6, 6.07) is 23.1. The molecule has 0 saturated heterocycles. The van der Waals surface area contributed by atoms with E-state index in [0.717, 1.165) is 22.2 Å². The van der Waals surface area contributed by atoms with Crippen LogP contribution in [0.2, 0.25) is 5.02 Å². The van der Waals surface area contributed by atoms with Crippen LogP contribution in [0.25, 0.3) is 11.0 Å². The largest absolute Gasteiger partial charge is 0.486 e. The van der Waals surface area contributed by atoms with Gasteiger partial charge in [-0.1, -0.05) is 54.1 Å². The van der Waals surface area contributed by atoms with Gasteiger partial charge in [-0.15, -0.1) is 0 Å². The maximum atomic E-state index is 12.6. The van der Waals surface area contributed by atoms with Gasteiger partial charge in [0.25, 0.3) is 0 Å². The number of fused-ring (bicyclic) bond motifs is 1. The number of carbonyl (C=O) groups is 1. The minimum atomic E-state index is -0.0782. The van der Waals surface area contributed by atoms with E-state index in [2.05, 4.69) is 10.3 Å². The van der Waals surface area contributed by atoms with E-state index in [0.29, 0.717) is 23.1 Å². The lowest BCUT2D eigenvalue weighted by Gasteiger charge is -2.12. The molecule has 0 atom stereocenters. The van der Waals surface area contributed by atoms with Crippen LogP contribution in [-0.4, -0.2) is 15.5 Å². The van der Waals surface area contributed by atoms with Crippen molar-refractivity contribution in [2.45, 2.75) is 26.6 Å². The lowest BCUT2D eigenvalue weighted by Crippen LogP contribution is -2.28. The second-order valence-electron chi connectivity index (χ2n) is 7.06. The van der Waals surface area contributed by atoms with Gasteiger partial charge in [0, 0.05) is 11.6 Å². The number of ether oxygens (including phenoxy) is 1. The SMILES string of the molecule is Cc1cc(OCc2nc3ccccc3n2CC(=O)NCc2ccccc2)ccc1Cl. The fourth-order valence-electron chi connectivity index (χ4n) is 3.26. The predicted molar refractivity (Wildman–Crippen MR) is 119 cm³/mol. The molecule has 6 heteroatoms. The molecule has 30 heavy (non-hydrogen) atoms. The molecule has 3 aromatic carbocycles. The average molecular weight is 420 g/mol. The molecule has 0 saturated carbocycles. The Morgan fingerprint density at radius 2 is 1.83 bits per heavy atom. The molecule has 152 valence electrons. The number of nitrogens with one attached hydrogen (secondary N) is 1. The molecule has 0 unspecified atom stereocenters. The summed E-state index contributed by atoms with van der Waals surface area (Å²) < 4.78 is 7.84. The second-order valence-corrected chi connectivity index (χ2v) is 7.47. The van der Waals surface area contributed by atoms with Crippen LogP contribution in [0.5, 0.6) is 5.75 Å². The van der Waals surface area contributed by atoms with E-state index >= 15 is 0 Å². The molecule has 0 aliphatic rings. The Labute approximate surface area is 180 Å². The van der Waals surface area contributed by atoms with E-state index in [-0.39, 0.29) is 19.1 Å². The summed E-state index contributed by atoms with van der Waals surface area (Å²) in [5, 5.41) is 3.67. The molecule has 0 aliphatic carbocycles. The zero-order valence-electron chi connectivity index (χ0n) is 16.6. The van der Waals surface area contributed by atoms with Crippen LogP contribution in [-0.2, 0) is 24.5 Å². The standard InChI is InChI=1S/C24H22ClN3O2/c1-17-13-19(11-12-20(17)25)30-16-23-27-21-9-5-6-10-22(21)28(23)15-24(29)26-14-18-7-3-2-4-8-18/h2-13H,14-16H2,1H3,(H,26,29). The minimum Gasteiger partial charge on any atom is -0.486 e. The summed E-state index contributed by atoms with van der Waals surface area (Å²) in [6.45, 7) is 2.84. The van der Waals surface area contributed by atoms with Gasteiger partial charge in [-0.2, -0.15) is 0 Å². The Bertz CT molecular complexity index is 1170. The van der Waals surface area contributed by atoms with E-state index in [1.807, 2.05) is 84.3 Å². The Morgan fingerprint density at radius 1 is 1.07 bits per heavy atom. The lowest BCUT2D eigenvalue weighted by atomic mass is 10.2. The van der Waals surface area contributed by atoms with Crippen molar-refractivity contribution < 1.29 is 9.53 Å². The van der Waals surface area contributed by atoms with E-state index in [4.69, 9.17) is 16.3 Å². The number of hydrogen-bond donors (Lipinski definition) is 1. The van der Waals surface area contributed by atoms with Gasteiger partial charge in [0.2, 0.25) is 5.91 Å². The Hall–Kier alpha value is -3.31. The van der Waals surface area contributed by atoms with Crippen LogP contribution in [0.15, 0.2) is 72.8 Å². The molecule has 0 bridgehead atoms. The maximum absolute atomic E-state index is 12.6. The van der Waals surface area contributed by atoms with E-state index < -0.39 is 0 Å². The van der Waals surface area contributed by atoms with Crippen LogP contribution >= 0.6 is 11.6 Å². The second kappa shape index (κ2) is 9.01. The highest BCUT2D eigenvalue weighted by Crippen LogP contribution is 2.23. The first kappa shape index (κ1) is 20.0. The van der Waals surface area contributed by atoms with Crippen molar-refractivity contribution >= 4 is 28.5 Å². The molecule has 1 heterocycles. The number of rotatable bonds is 7. The van der Waals surface area contributed by atoms with E-state index in [9.17, 15) is 4.79 Å². The van der Waals surface area contributed by atoms with Crippen molar-refractivity contribution in [1.82, 2.24) is 14.9 Å². The van der Waals surface area contributed by atoms with Gasteiger partial charge in [0.15, 0.2) is 0 Å². The van der Waals surface area contributed by atoms with Gasteiger partial charge in [-0.05, 0) is 48.4 Å². The quantitative estimate of drug-likeness (QED) is 0.464. The minimum absolute atomic E-state index is 0.0782. The molecular formula is C24H22ClN3O2. The zero-order chi connectivity index (χ0) is 20.9. The average Bonchev–Trinajstić information content (AvgIpc) is 3.11. The number of imidazole rings is 1. The van der Waals surface area contributed by atoms with E-state index in [1.54, 1.807) is 0 Å². The number of benzene rings is 3. The molecule has 0 spiro atoms. The molecule has 0 aliphatic heterocycles. The zero-order valence-corrected chi connectivity index (χ0v) is 17.4. The normalized spacial score (nSPS) is 10.9. The number of amides is 1. The fourth-order valence-corrected chi connectivity index (χ4v) is 3.38. The molecule has 1 aromatic heterocycles. The number of nitrogens with zero attached hydrogens (tertiary/aromatic N) is 2. The van der Waals surface area contributed by atoms with Gasteiger partial charge in [-0.3, -0.25) is 4.79 Å². The predicted octanol–water partition coefficient (Wildman–Crippen LogP) is 4.89. The summed E-state index contributed by atoms with van der Waals surface area (Å²) in [7, 11) is 0. The monoisotopic (exact) mass is 419 g/mol. The van der Waals surface area contributed by atoms with Crippen molar-refractivity contribution in [1.29, 1.82) is 0 Å². The van der Waals surface area contributed by atoms with Crippen LogP contribution < -0.4 is 10.1 Å². The van der Waals surface area contributed by atoms with Crippen LogP contribution in [0.3, 0.4) is 0 Å². The first-order chi connectivity index (χ1) is 14.6. The lowest BCUT2D eigenvalue weighted by molar-refractivity contribution is -0.121. The smallest absolute Gasteiger partial charge is 0.240 e. The van der Waals surface area contributed by atoms with Crippen molar-refractivity contribution in [3.8, 4) is 5.75 Å². The van der Waals surface area contributed by atoms with Gasteiger partial charge in [0.1, 0.15) is 24.7 Å². The first-order valence-corrected chi connectivity index (χ1v) is 10.1. The van der Waals surface area contributed by atoms with Crippen LogP contribution in [0.4, 0.5) is 0 Å². The Kier molecular flexibility index (Phi) is 6.00. The summed E-state index contributed by atoms with van der Waals surface area (Å²) in [5.41, 5.74) is 3.74. The van der Waals surface area contributed by atoms with Crippen LogP contribution in [0.1, 0.15) is 17.0 Å². The summed E-state index contributed by atoms with van der Waals surface area (Å²) >= 11 is 6.09. The Morgan fingerprint density at radius 3 is 2.63 bits per heavy atom. The van der Waals surface area contributed by atoms with Crippen molar-refractivity contribution in [2.24, 2.45) is 0 Å². The molecule has 1 N–H and O–H groups in total. The van der Waals surface area contributed by atoms with Gasteiger partial charge in [-0.25, -0.2) is 4.98 Å². The molecular weight excluding hydrogens is 398 g/mol. The van der Waals surface area contributed by atoms with Gasteiger partial charge in [0.05, 0.1) is 11.0 Å². The highest BCUT2D eigenvalue weighted by atomic mass is 35.5. The number of aryl methyl sites for hydroxylation is 1. The number of hydrogen-bond acceptors (Lipinski definition) is 3. The van der Waals surface area contributed by atoms with Gasteiger partial charge >= 0.3 is 0 Å². The topological polar surface area (TPSA) is 56.2 Å². The van der Waals surface area contributed by atoms with Crippen molar-refractivity contribution in [3.63, 3.8) is 0 Å². The highest BCUT2D eigenvalue weighted by molar-refractivity contribution is 6.31. The number of carbonyl (C=O) groups excluding carboxylic acids is 1. The molecule has 4 rings (SSSR count). The summed E-state index contributed by atoms with van der Waals surface area (Å²) in [6.07, 6.45) is 0. The molecule has 5 nitrogen and oxygen atoms in total. The maximum Gasteiger partial charge on any atom is 0.240 e. The van der Waals surface area contributed by atoms with E-state index in [1.165, 1.54) is 0 Å². The third kappa shape index (κ3) is 4.63. The highest BCUT2D eigenvalue weighted by Gasteiger charge is 2.14. The Balaban J connectivity index is 1.51. The molecule has 1 amide bonds. The molecule has 0 radical (unpaired) electrons. The fraction of sp³-hybridized carbons (Fsp3) is 0.167. The van der Waals surface area contributed by atoms with Crippen molar-refractivity contribution in [2.75, 3.05) is 0 Å².